The van der Waals surface area contributed by atoms with Crippen LogP contribution in [0.3, 0.4) is 0 Å². The fraction of sp³-hybridized carbons (Fsp3) is 0.909. The summed E-state index contributed by atoms with van der Waals surface area (Å²) in [5.41, 5.74) is 0. The van der Waals surface area contributed by atoms with Gasteiger partial charge in [-0.25, -0.2) is 0 Å². The zero-order valence-electron chi connectivity index (χ0n) is 8.89. The van der Waals surface area contributed by atoms with Crippen molar-refractivity contribution in [2.45, 2.75) is 39.0 Å². The van der Waals surface area contributed by atoms with Crippen molar-refractivity contribution in [1.82, 2.24) is 5.32 Å². The molecule has 1 aliphatic carbocycles. The number of nitrogens with one attached hydrogen (secondary N) is 1. The second-order valence-corrected chi connectivity index (χ2v) is 4.75. The highest BCUT2D eigenvalue weighted by molar-refractivity contribution is 6.18. The van der Waals surface area contributed by atoms with E-state index in [4.69, 9.17) is 11.6 Å². The van der Waals surface area contributed by atoms with Crippen LogP contribution in [0.1, 0.15) is 39.0 Å². The molecule has 0 saturated heterocycles. The molecule has 3 heteroatoms. The van der Waals surface area contributed by atoms with E-state index in [0.29, 0.717) is 18.2 Å². The Morgan fingerprint density at radius 3 is 2.57 bits per heavy atom. The maximum Gasteiger partial charge on any atom is 0.221 e. The summed E-state index contributed by atoms with van der Waals surface area (Å²) in [7, 11) is 0. The Labute approximate surface area is 91.4 Å². The van der Waals surface area contributed by atoms with Crippen molar-refractivity contribution in [2.24, 2.45) is 11.8 Å². The summed E-state index contributed by atoms with van der Waals surface area (Å²) >= 11 is 5.48. The van der Waals surface area contributed by atoms with Crippen LogP contribution in [0.4, 0.5) is 0 Å². The molecule has 1 N–H and O–H groups in total. The molecule has 0 aromatic rings. The lowest BCUT2D eigenvalue weighted by molar-refractivity contribution is -0.120. The molecule has 1 aliphatic rings. The van der Waals surface area contributed by atoms with Gasteiger partial charge in [0.1, 0.15) is 0 Å². The smallest absolute Gasteiger partial charge is 0.221 e. The minimum absolute atomic E-state index is 0.0959. The molecule has 0 bridgehead atoms. The number of halogens is 1. The molecular weight excluding hydrogens is 198 g/mol. The molecule has 14 heavy (non-hydrogen) atoms. The molecule has 0 heterocycles. The minimum Gasteiger partial charge on any atom is -0.356 e. The molecule has 1 saturated carbocycles. The first kappa shape index (κ1) is 11.8. The van der Waals surface area contributed by atoms with Gasteiger partial charge >= 0.3 is 0 Å². The van der Waals surface area contributed by atoms with Gasteiger partial charge in [-0.05, 0) is 24.7 Å². The van der Waals surface area contributed by atoms with Gasteiger partial charge in [0, 0.05) is 18.8 Å². The lowest BCUT2D eigenvalue weighted by Crippen LogP contribution is -2.31. The van der Waals surface area contributed by atoms with Crippen LogP contribution in [0.15, 0.2) is 0 Å². The second-order valence-electron chi connectivity index (χ2n) is 4.37. The number of hydrogen-bond donors (Lipinski definition) is 1. The van der Waals surface area contributed by atoms with E-state index in [2.05, 4.69) is 12.2 Å². The number of rotatable bonds is 4. The Morgan fingerprint density at radius 2 is 2.00 bits per heavy atom. The van der Waals surface area contributed by atoms with Gasteiger partial charge in [0.15, 0.2) is 0 Å². The van der Waals surface area contributed by atoms with E-state index in [1.54, 1.807) is 0 Å². The summed E-state index contributed by atoms with van der Waals surface area (Å²) in [5.74, 6) is 2.10. The van der Waals surface area contributed by atoms with Gasteiger partial charge in [-0.15, -0.1) is 11.6 Å². The van der Waals surface area contributed by atoms with E-state index < -0.39 is 0 Å². The normalized spacial score (nSPS) is 27.3. The zero-order chi connectivity index (χ0) is 10.4. The highest BCUT2D eigenvalue weighted by Gasteiger charge is 2.18. The van der Waals surface area contributed by atoms with Crippen molar-refractivity contribution in [3.05, 3.63) is 0 Å². The molecule has 0 spiro atoms. The fourth-order valence-electron chi connectivity index (χ4n) is 1.97. The van der Waals surface area contributed by atoms with Crippen molar-refractivity contribution in [3.8, 4) is 0 Å². The first-order chi connectivity index (χ1) is 6.72. The van der Waals surface area contributed by atoms with Crippen LogP contribution < -0.4 is 5.32 Å². The molecule has 0 unspecified atom stereocenters. The summed E-state index contributed by atoms with van der Waals surface area (Å²) in [6, 6.07) is 0. The topological polar surface area (TPSA) is 29.1 Å². The van der Waals surface area contributed by atoms with Gasteiger partial charge in [0.05, 0.1) is 0 Å². The van der Waals surface area contributed by atoms with E-state index in [0.717, 1.165) is 12.5 Å². The summed E-state index contributed by atoms with van der Waals surface area (Å²) in [5, 5.41) is 2.94. The van der Waals surface area contributed by atoms with E-state index >= 15 is 0 Å². The lowest BCUT2D eigenvalue weighted by Gasteiger charge is -2.26. The first-order valence-electron chi connectivity index (χ1n) is 5.55. The van der Waals surface area contributed by atoms with E-state index in [1.165, 1.54) is 25.7 Å². The van der Waals surface area contributed by atoms with Crippen molar-refractivity contribution in [1.29, 1.82) is 0 Å². The van der Waals surface area contributed by atoms with Crippen LogP contribution in [-0.2, 0) is 4.79 Å². The average molecular weight is 218 g/mol. The second kappa shape index (κ2) is 6.28. The lowest BCUT2D eigenvalue weighted by atomic mass is 9.83. The molecule has 1 fully saturated rings. The number of carbonyl (C=O) groups excluding carboxylic acids is 1. The third-order valence-electron chi connectivity index (χ3n) is 3.04. The predicted molar refractivity (Wildman–Crippen MR) is 59.5 cm³/mol. The third kappa shape index (κ3) is 4.32. The van der Waals surface area contributed by atoms with Gasteiger partial charge in [-0.1, -0.05) is 19.8 Å². The van der Waals surface area contributed by atoms with Crippen LogP contribution >= 0.6 is 11.6 Å². The van der Waals surface area contributed by atoms with Crippen LogP contribution in [0.5, 0.6) is 0 Å². The molecule has 0 radical (unpaired) electrons. The van der Waals surface area contributed by atoms with Gasteiger partial charge in [0.25, 0.3) is 0 Å². The third-order valence-corrected chi connectivity index (χ3v) is 3.23. The Hall–Kier alpha value is -0.240. The van der Waals surface area contributed by atoms with Crippen molar-refractivity contribution in [3.63, 3.8) is 0 Å². The Kier molecular flexibility index (Phi) is 5.31. The Bertz CT molecular complexity index is 176. The van der Waals surface area contributed by atoms with E-state index in [-0.39, 0.29) is 5.91 Å². The highest BCUT2D eigenvalue weighted by Crippen LogP contribution is 2.27. The van der Waals surface area contributed by atoms with Gasteiger partial charge in [0.2, 0.25) is 5.91 Å². The van der Waals surface area contributed by atoms with Crippen LogP contribution in [0.25, 0.3) is 0 Å². The first-order valence-corrected chi connectivity index (χ1v) is 6.08. The van der Waals surface area contributed by atoms with Crippen LogP contribution in [0.2, 0.25) is 0 Å². The predicted octanol–water partition coefficient (Wildman–Crippen LogP) is 2.56. The average Bonchev–Trinajstić information content (AvgIpc) is 2.17. The summed E-state index contributed by atoms with van der Waals surface area (Å²) in [6.45, 7) is 3.16. The minimum atomic E-state index is 0.0959. The Morgan fingerprint density at radius 1 is 1.36 bits per heavy atom. The SMILES string of the molecule is CC1CCC(CNC(=O)CCCl)CC1. The highest BCUT2D eigenvalue weighted by atomic mass is 35.5. The van der Waals surface area contributed by atoms with Crippen LogP contribution in [0, 0.1) is 11.8 Å². The van der Waals surface area contributed by atoms with E-state index in [1.807, 2.05) is 0 Å². The number of alkyl halides is 1. The quantitative estimate of drug-likeness (QED) is 0.721. The van der Waals surface area contributed by atoms with Crippen molar-refractivity contribution >= 4 is 17.5 Å². The monoisotopic (exact) mass is 217 g/mol. The summed E-state index contributed by atoms with van der Waals surface area (Å²) in [4.78, 5) is 11.2. The number of hydrogen-bond acceptors (Lipinski definition) is 1. The summed E-state index contributed by atoms with van der Waals surface area (Å²) < 4.78 is 0. The molecule has 0 aromatic heterocycles. The Balaban J connectivity index is 2.09. The number of carbonyl (C=O) groups is 1. The molecule has 0 atom stereocenters. The zero-order valence-corrected chi connectivity index (χ0v) is 9.65. The van der Waals surface area contributed by atoms with Crippen molar-refractivity contribution in [2.75, 3.05) is 12.4 Å². The summed E-state index contributed by atoms with van der Waals surface area (Å²) in [6.07, 6.45) is 5.61. The maximum absolute atomic E-state index is 11.2. The van der Waals surface area contributed by atoms with Gasteiger partial charge in [-0.3, -0.25) is 4.79 Å². The number of amides is 1. The molecule has 2 nitrogen and oxygen atoms in total. The molecule has 82 valence electrons. The molecular formula is C11H20ClNO. The fourth-order valence-corrected chi connectivity index (χ4v) is 2.14. The molecule has 0 aromatic carbocycles. The molecule has 0 aliphatic heterocycles. The maximum atomic E-state index is 11.2. The molecule has 1 amide bonds. The largest absolute Gasteiger partial charge is 0.356 e. The van der Waals surface area contributed by atoms with Crippen molar-refractivity contribution < 1.29 is 4.79 Å². The standard InChI is InChI=1S/C11H20ClNO/c1-9-2-4-10(5-3-9)8-13-11(14)6-7-12/h9-10H,2-8H2,1H3,(H,13,14). The van der Waals surface area contributed by atoms with E-state index in [9.17, 15) is 4.79 Å². The van der Waals surface area contributed by atoms with Gasteiger partial charge in [-0.2, -0.15) is 0 Å². The molecule has 1 rings (SSSR count). The van der Waals surface area contributed by atoms with Crippen LogP contribution in [-0.4, -0.2) is 18.3 Å². The van der Waals surface area contributed by atoms with Gasteiger partial charge < -0.3 is 5.32 Å².